The normalized spacial score (nSPS) is 17.0. The molecule has 1 saturated heterocycles. The standard InChI is InChI=1S/C27H24FN5O3S/c1-15-18(9-10-20(22(15)28)36-17-7-3-2-4-8-17)33-19-11-13-30-26-21(19)23(32-27(33)35)24(37-26)25(34)31-16-6-5-12-29-14-16/h2-4,7-11,13,16,29H,5-6,12,14H2,1H3,(H,31,34)(H,32,35). The zero-order valence-electron chi connectivity index (χ0n) is 20.0. The Hall–Kier alpha value is -4.02. The number of piperidine rings is 1. The summed E-state index contributed by atoms with van der Waals surface area (Å²) in [5.41, 5.74) is 1.61. The summed E-state index contributed by atoms with van der Waals surface area (Å²) in [5.74, 6) is -0.220. The van der Waals surface area contributed by atoms with Crippen molar-refractivity contribution in [1.29, 1.82) is 0 Å². The monoisotopic (exact) mass is 517 g/mol. The lowest BCUT2D eigenvalue weighted by molar-refractivity contribution is 0.0935. The number of hydrogen-bond acceptors (Lipinski definition) is 6. The molecule has 2 aliphatic rings. The molecule has 0 saturated carbocycles. The average Bonchev–Trinajstić information content (AvgIpc) is 3.28. The molecule has 2 aromatic heterocycles. The number of amides is 3. The lowest BCUT2D eigenvalue weighted by atomic mass is 10.1. The van der Waals surface area contributed by atoms with Crippen molar-refractivity contribution in [2.45, 2.75) is 25.8 Å². The Bertz CT molecular complexity index is 1520. The number of halogens is 1. The van der Waals surface area contributed by atoms with Crippen LogP contribution in [-0.4, -0.2) is 36.1 Å². The minimum atomic E-state index is -0.559. The lowest BCUT2D eigenvalue weighted by Crippen LogP contribution is -2.45. The van der Waals surface area contributed by atoms with Gasteiger partial charge in [0.2, 0.25) is 0 Å². The van der Waals surface area contributed by atoms with E-state index in [2.05, 4.69) is 20.9 Å². The van der Waals surface area contributed by atoms with E-state index < -0.39 is 11.8 Å². The summed E-state index contributed by atoms with van der Waals surface area (Å²) in [7, 11) is 0. The van der Waals surface area contributed by atoms with Gasteiger partial charge in [0.25, 0.3) is 5.91 Å². The van der Waals surface area contributed by atoms with Crippen LogP contribution in [0.4, 0.5) is 26.2 Å². The van der Waals surface area contributed by atoms with Gasteiger partial charge in [0, 0.05) is 24.3 Å². The number of anilines is 3. The number of urea groups is 1. The first-order valence-corrected chi connectivity index (χ1v) is 12.9. The summed E-state index contributed by atoms with van der Waals surface area (Å²) in [6.07, 6.45) is 3.49. The summed E-state index contributed by atoms with van der Waals surface area (Å²) >= 11 is 1.23. The summed E-state index contributed by atoms with van der Waals surface area (Å²) < 4.78 is 21.1. The predicted octanol–water partition coefficient (Wildman–Crippen LogP) is 5.70. The minimum Gasteiger partial charge on any atom is -0.454 e. The van der Waals surface area contributed by atoms with Gasteiger partial charge >= 0.3 is 6.03 Å². The lowest BCUT2D eigenvalue weighted by Gasteiger charge is -2.30. The molecule has 10 heteroatoms. The highest BCUT2D eigenvalue weighted by molar-refractivity contribution is 7.21. The van der Waals surface area contributed by atoms with Crippen LogP contribution < -0.4 is 25.6 Å². The Labute approximate surface area is 216 Å². The van der Waals surface area contributed by atoms with Crippen LogP contribution in [0, 0.1) is 12.7 Å². The van der Waals surface area contributed by atoms with Crippen molar-refractivity contribution in [3.63, 3.8) is 0 Å². The van der Waals surface area contributed by atoms with E-state index in [1.807, 2.05) is 6.07 Å². The fourth-order valence-electron chi connectivity index (χ4n) is 4.80. The first-order chi connectivity index (χ1) is 18.0. The van der Waals surface area contributed by atoms with Crippen LogP contribution in [0.15, 0.2) is 54.7 Å². The van der Waals surface area contributed by atoms with Gasteiger partial charge in [0.05, 0.1) is 22.4 Å². The van der Waals surface area contributed by atoms with Gasteiger partial charge < -0.3 is 20.7 Å². The zero-order valence-corrected chi connectivity index (χ0v) is 20.8. The molecule has 2 aromatic carbocycles. The van der Waals surface area contributed by atoms with Crippen molar-refractivity contribution in [3.8, 4) is 11.5 Å². The molecule has 2 aliphatic heterocycles. The molecule has 4 heterocycles. The van der Waals surface area contributed by atoms with Crippen LogP contribution >= 0.6 is 11.3 Å². The fourth-order valence-corrected chi connectivity index (χ4v) is 5.82. The molecular formula is C27H24FN5O3S. The molecule has 0 bridgehead atoms. The van der Waals surface area contributed by atoms with Crippen molar-refractivity contribution < 1.29 is 18.7 Å². The maximum Gasteiger partial charge on any atom is 0.331 e. The second-order valence-electron chi connectivity index (χ2n) is 9.04. The van der Waals surface area contributed by atoms with Gasteiger partial charge in [0.1, 0.15) is 15.5 Å². The van der Waals surface area contributed by atoms with Crippen molar-refractivity contribution in [3.05, 3.63) is 71.0 Å². The third kappa shape index (κ3) is 4.17. The number of rotatable bonds is 5. The summed E-state index contributed by atoms with van der Waals surface area (Å²) in [6.45, 7) is 3.26. The highest BCUT2D eigenvalue weighted by atomic mass is 32.1. The van der Waals surface area contributed by atoms with Crippen LogP contribution in [0.5, 0.6) is 11.5 Å². The Balaban J connectivity index is 1.37. The quantitative estimate of drug-likeness (QED) is 0.316. The van der Waals surface area contributed by atoms with Crippen molar-refractivity contribution in [2.24, 2.45) is 0 Å². The largest absolute Gasteiger partial charge is 0.454 e. The maximum absolute atomic E-state index is 15.4. The van der Waals surface area contributed by atoms with E-state index >= 15 is 4.39 Å². The summed E-state index contributed by atoms with van der Waals surface area (Å²) in [5, 5.41) is 9.88. The first-order valence-electron chi connectivity index (χ1n) is 12.1. The van der Waals surface area contributed by atoms with Gasteiger partial charge in [0.15, 0.2) is 11.6 Å². The number of aromatic nitrogens is 1. The van der Waals surface area contributed by atoms with Crippen LogP contribution in [-0.2, 0) is 0 Å². The number of hydrogen-bond donors (Lipinski definition) is 3. The molecule has 6 rings (SSSR count). The van der Waals surface area contributed by atoms with Crippen LogP contribution in [0.25, 0.3) is 10.2 Å². The number of benzene rings is 2. The highest BCUT2D eigenvalue weighted by Gasteiger charge is 2.34. The van der Waals surface area contributed by atoms with E-state index in [-0.39, 0.29) is 23.3 Å². The molecule has 8 nitrogen and oxygen atoms in total. The van der Waals surface area contributed by atoms with E-state index in [1.54, 1.807) is 49.5 Å². The topological polar surface area (TPSA) is 95.6 Å². The minimum absolute atomic E-state index is 0.0316. The van der Waals surface area contributed by atoms with Gasteiger partial charge in [-0.1, -0.05) is 18.2 Å². The Kier molecular flexibility index (Phi) is 5.97. The first kappa shape index (κ1) is 23.4. The molecular weight excluding hydrogens is 493 g/mol. The van der Waals surface area contributed by atoms with E-state index in [0.717, 1.165) is 19.4 Å². The molecule has 3 amide bonds. The number of pyridine rings is 1. The molecule has 0 radical (unpaired) electrons. The van der Waals surface area contributed by atoms with Crippen LogP contribution in [0.2, 0.25) is 0 Å². The number of nitrogens with zero attached hydrogens (tertiary/aromatic N) is 2. The van der Waals surface area contributed by atoms with Gasteiger partial charge in [-0.25, -0.2) is 14.2 Å². The highest BCUT2D eigenvalue weighted by Crippen LogP contribution is 2.47. The average molecular weight is 518 g/mol. The van der Waals surface area contributed by atoms with Crippen LogP contribution in [0.1, 0.15) is 28.1 Å². The third-order valence-corrected chi connectivity index (χ3v) is 7.72. The molecule has 0 aliphatic carbocycles. The van der Waals surface area contributed by atoms with E-state index in [4.69, 9.17) is 4.74 Å². The number of thiophene rings is 1. The van der Waals surface area contributed by atoms with Gasteiger partial charge in [-0.3, -0.25) is 9.69 Å². The fraction of sp³-hybridized carbons (Fsp3) is 0.222. The number of nitrogens with one attached hydrogen (secondary N) is 3. The second-order valence-corrected chi connectivity index (χ2v) is 10.0. The molecule has 188 valence electrons. The van der Waals surface area contributed by atoms with Crippen LogP contribution in [0.3, 0.4) is 0 Å². The summed E-state index contributed by atoms with van der Waals surface area (Å²) in [4.78, 5) is 33.4. The molecule has 0 spiro atoms. The third-order valence-electron chi connectivity index (χ3n) is 6.62. The van der Waals surface area contributed by atoms with Crippen molar-refractivity contribution >= 4 is 50.6 Å². The predicted molar refractivity (Wildman–Crippen MR) is 142 cm³/mol. The molecule has 4 aromatic rings. The van der Waals surface area contributed by atoms with Crippen molar-refractivity contribution in [1.82, 2.24) is 15.6 Å². The number of carbonyl (C=O) groups excluding carboxylic acids is 2. The molecule has 1 unspecified atom stereocenters. The van der Waals surface area contributed by atoms with Gasteiger partial charge in [-0.15, -0.1) is 11.3 Å². The Morgan fingerprint density at radius 2 is 2.03 bits per heavy atom. The smallest absolute Gasteiger partial charge is 0.331 e. The van der Waals surface area contributed by atoms with Gasteiger partial charge in [-0.05, 0) is 56.6 Å². The number of ether oxygens (including phenoxy) is 1. The Morgan fingerprint density at radius 1 is 1.19 bits per heavy atom. The van der Waals surface area contributed by atoms with E-state index in [0.29, 0.717) is 44.5 Å². The van der Waals surface area contributed by atoms with E-state index in [1.165, 1.54) is 22.3 Å². The number of para-hydroxylation sites is 1. The summed E-state index contributed by atoms with van der Waals surface area (Å²) in [6, 6.07) is 13.4. The maximum atomic E-state index is 15.4. The molecule has 37 heavy (non-hydrogen) atoms. The second kappa shape index (κ2) is 9.45. The number of carbonyl (C=O) groups is 2. The Morgan fingerprint density at radius 3 is 2.81 bits per heavy atom. The molecule has 3 N–H and O–H groups in total. The zero-order chi connectivity index (χ0) is 25.5. The van der Waals surface area contributed by atoms with Crippen molar-refractivity contribution in [2.75, 3.05) is 23.3 Å². The molecule has 1 atom stereocenters. The van der Waals surface area contributed by atoms with Gasteiger partial charge in [-0.2, -0.15) is 0 Å². The van der Waals surface area contributed by atoms with E-state index in [9.17, 15) is 9.59 Å². The SMILES string of the molecule is Cc1c(N2C(=O)Nc3c(C(=O)NC4CCCNC4)sc4nccc2c34)ccc(Oc2ccccc2)c1F. The molecule has 1 fully saturated rings.